The lowest BCUT2D eigenvalue weighted by Crippen LogP contribution is -1.97. The van der Waals surface area contributed by atoms with E-state index in [1.54, 1.807) is 6.07 Å². The van der Waals surface area contributed by atoms with Crippen molar-refractivity contribution in [1.82, 2.24) is 9.55 Å². The zero-order valence-electron chi connectivity index (χ0n) is 10.2. The third-order valence-corrected chi connectivity index (χ3v) is 3.33. The van der Waals surface area contributed by atoms with Gasteiger partial charge in [-0.25, -0.2) is 9.37 Å². The van der Waals surface area contributed by atoms with E-state index in [2.05, 4.69) is 4.98 Å². The fourth-order valence-corrected chi connectivity index (χ4v) is 2.29. The quantitative estimate of drug-likeness (QED) is 0.690. The second-order valence-corrected chi connectivity index (χ2v) is 4.80. The molecule has 0 aliphatic heterocycles. The molecule has 3 rings (SSSR count). The van der Waals surface area contributed by atoms with Crippen molar-refractivity contribution in [2.24, 2.45) is 7.05 Å². The van der Waals surface area contributed by atoms with E-state index < -0.39 is 0 Å². The van der Waals surface area contributed by atoms with E-state index in [0.717, 1.165) is 11.0 Å². The monoisotopic (exact) mass is 275 g/mol. The SMILES string of the molecule is Cn1c(-c2cc(F)ccc2N)nc2ccc(Cl)cc21. The van der Waals surface area contributed by atoms with E-state index in [1.807, 2.05) is 23.7 Å². The molecule has 0 bridgehead atoms. The Hall–Kier alpha value is -2.07. The molecular formula is C14H11ClFN3. The summed E-state index contributed by atoms with van der Waals surface area (Å²) in [7, 11) is 1.85. The molecule has 2 aromatic carbocycles. The second-order valence-electron chi connectivity index (χ2n) is 4.36. The molecule has 3 nitrogen and oxygen atoms in total. The van der Waals surface area contributed by atoms with Crippen molar-refractivity contribution in [3.63, 3.8) is 0 Å². The van der Waals surface area contributed by atoms with Gasteiger partial charge in [0.05, 0.1) is 11.0 Å². The van der Waals surface area contributed by atoms with Gasteiger partial charge in [-0.1, -0.05) is 11.6 Å². The molecule has 0 amide bonds. The lowest BCUT2D eigenvalue weighted by atomic mass is 10.1. The Bertz CT molecular complexity index is 780. The summed E-state index contributed by atoms with van der Waals surface area (Å²) in [4.78, 5) is 4.48. The summed E-state index contributed by atoms with van der Waals surface area (Å²) in [6.45, 7) is 0. The number of nitrogens with zero attached hydrogens (tertiary/aromatic N) is 2. The van der Waals surface area contributed by atoms with Crippen LogP contribution in [-0.2, 0) is 7.05 Å². The zero-order chi connectivity index (χ0) is 13.6. The van der Waals surface area contributed by atoms with Crippen molar-refractivity contribution in [2.75, 3.05) is 5.73 Å². The summed E-state index contributed by atoms with van der Waals surface area (Å²) >= 11 is 5.98. The molecule has 0 unspecified atom stereocenters. The van der Waals surface area contributed by atoms with Crippen LogP contribution < -0.4 is 5.73 Å². The van der Waals surface area contributed by atoms with Gasteiger partial charge in [0.2, 0.25) is 0 Å². The van der Waals surface area contributed by atoms with Crippen LogP contribution in [0.15, 0.2) is 36.4 Å². The first-order valence-corrected chi connectivity index (χ1v) is 6.11. The fraction of sp³-hybridized carbons (Fsp3) is 0.0714. The summed E-state index contributed by atoms with van der Waals surface area (Å²) in [5, 5.41) is 0.634. The largest absolute Gasteiger partial charge is 0.398 e. The van der Waals surface area contributed by atoms with Crippen molar-refractivity contribution in [3.05, 3.63) is 47.2 Å². The number of benzene rings is 2. The number of hydrogen-bond donors (Lipinski definition) is 1. The second kappa shape index (κ2) is 4.24. The van der Waals surface area contributed by atoms with Gasteiger partial charge in [-0.2, -0.15) is 0 Å². The van der Waals surface area contributed by atoms with Crippen molar-refractivity contribution < 1.29 is 4.39 Å². The van der Waals surface area contributed by atoms with Gasteiger partial charge < -0.3 is 10.3 Å². The average molecular weight is 276 g/mol. The topological polar surface area (TPSA) is 43.8 Å². The number of aryl methyl sites for hydroxylation is 1. The maximum absolute atomic E-state index is 13.4. The Morgan fingerprint density at radius 3 is 2.79 bits per heavy atom. The van der Waals surface area contributed by atoms with E-state index in [0.29, 0.717) is 22.1 Å². The number of nitrogen functional groups attached to an aromatic ring is 1. The van der Waals surface area contributed by atoms with Crippen LogP contribution in [0.3, 0.4) is 0 Å². The van der Waals surface area contributed by atoms with Crippen LogP contribution in [0.4, 0.5) is 10.1 Å². The summed E-state index contributed by atoms with van der Waals surface area (Å²) < 4.78 is 15.2. The Kier molecular flexibility index (Phi) is 2.68. The van der Waals surface area contributed by atoms with Crippen LogP contribution in [0, 0.1) is 5.82 Å². The highest BCUT2D eigenvalue weighted by atomic mass is 35.5. The molecule has 5 heteroatoms. The molecule has 0 saturated heterocycles. The molecule has 0 atom stereocenters. The number of rotatable bonds is 1. The highest BCUT2D eigenvalue weighted by Gasteiger charge is 2.13. The van der Waals surface area contributed by atoms with Crippen LogP contribution >= 0.6 is 11.6 Å². The van der Waals surface area contributed by atoms with E-state index in [1.165, 1.54) is 18.2 Å². The fourth-order valence-electron chi connectivity index (χ4n) is 2.13. The molecule has 1 aromatic heterocycles. The molecule has 96 valence electrons. The summed E-state index contributed by atoms with van der Waals surface area (Å²) in [6, 6.07) is 9.68. The first-order chi connectivity index (χ1) is 9.06. The van der Waals surface area contributed by atoms with Crippen molar-refractivity contribution >= 4 is 28.3 Å². The van der Waals surface area contributed by atoms with Gasteiger partial charge in [-0.05, 0) is 36.4 Å². The molecule has 0 spiro atoms. The van der Waals surface area contributed by atoms with Crippen LogP contribution in [-0.4, -0.2) is 9.55 Å². The maximum atomic E-state index is 13.4. The molecular weight excluding hydrogens is 265 g/mol. The number of imidazole rings is 1. The minimum atomic E-state index is -0.339. The third kappa shape index (κ3) is 1.94. The number of fused-ring (bicyclic) bond motifs is 1. The van der Waals surface area contributed by atoms with Crippen LogP contribution in [0.5, 0.6) is 0 Å². The molecule has 2 N–H and O–H groups in total. The van der Waals surface area contributed by atoms with Gasteiger partial charge in [-0.3, -0.25) is 0 Å². The van der Waals surface area contributed by atoms with E-state index in [9.17, 15) is 4.39 Å². The van der Waals surface area contributed by atoms with Crippen LogP contribution in [0.1, 0.15) is 0 Å². The van der Waals surface area contributed by atoms with Gasteiger partial charge in [0.25, 0.3) is 0 Å². The zero-order valence-corrected chi connectivity index (χ0v) is 10.9. The highest BCUT2D eigenvalue weighted by molar-refractivity contribution is 6.31. The Morgan fingerprint density at radius 1 is 1.21 bits per heavy atom. The lowest BCUT2D eigenvalue weighted by Gasteiger charge is -2.06. The Balaban J connectivity index is 2.31. The Morgan fingerprint density at radius 2 is 2.00 bits per heavy atom. The Labute approximate surface area is 114 Å². The highest BCUT2D eigenvalue weighted by Crippen LogP contribution is 2.29. The minimum absolute atomic E-state index is 0.339. The molecule has 1 heterocycles. The van der Waals surface area contributed by atoms with Crippen molar-refractivity contribution in [2.45, 2.75) is 0 Å². The molecule has 0 saturated carbocycles. The average Bonchev–Trinajstić information content (AvgIpc) is 2.70. The maximum Gasteiger partial charge on any atom is 0.143 e. The smallest absolute Gasteiger partial charge is 0.143 e. The van der Waals surface area contributed by atoms with E-state index in [-0.39, 0.29) is 5.82 Å². The van der Waals surface area contributed by atoms with Crippen LogP contribution in [0.25, 0.3) is 22.4 Å². The summed E-state index contributed by atoms with van der Waals surface area (Å²) in [6.07, 6.45) is 0. The summed E-state index contributed by atoms with van der Waals surface area (Å²) in [5.74, 6) is 0.281. The standard InChI is InChI=1S/C14H11ClFN3/c1-19-13-6-8(15)2-5-12(13)18-14(19)10-7-9(16)3-4-11(10)17/h2-7H,17H2,1H3. The first kappa shape index (κ1) is 12.0. The van der Waals surface area contributed by atoms with Gasteiger partial charge in [0.1, 0.15) is 11.6 Å². The molecule has 3 aromatic rings. The number of aromatic nitrogens is 2. The molecule has 0 fully saturated rings. The predicted molar refractivity (Wildman–Crippen MR) is 75.5 cm³/mol. The summed E-state index contributed by atoms with van der Waals surface area (Å²) in [5.41, 5.74) is 8.64. The van der Waals surface area contributed by atoms with Crippen molar-refractivity contribution in [3.8, 4) is 11.4 Å². The minimum Gasteiger partial charge on any atom is -0.398 e. The van der Waals surface area contributed by atoms with Crippen molar-refractivity contribution in [1.29, 1.82) is 0 Å². The third-order valence-electron chi connectivity index (χ3n) is 3.10. The van der Waals surface area contributed by atoms with Crippen LogP contribution in [0.2, 0.25) is 5.02 Å². The van der Waals surface area contributed by atoms with Gasteiger partial charge in [-0.15, -0.1) is 0 Å². The number of nitrogens with two attached hydrogens (primary N) is 1. The number of halogens is 2. The normalized spacial score (nSPS) is 11.1. The van der Waals surface area contributed by atoms with E-state index in [4.69, 9.17) is 17.3 Å². The van der Waals surface area contributed by atoms with Gasteiger partial charge in [0, 0.05) is 23.3 Å². The molecule has 0 radical (unpaired) electrons. The predicted octanol–water partition coefficient (Wildman–Crippen LogP) is 3.62. The number of hydrogen-bond acceptors (Lipinski definition) is 2. The van der Waals surface area contributed by atoms with Gasteiger partial charge >= 0.3 is 0 Å². The van der Waals surface area contributed by atoms with E-state index >= 15 is 0 Å². The first-order valence-electron chi connectivity index (χ1n) is 5.73. The molecule has 0 aliphatic carbocycles. The van der Waals surface area contributed by atoms with Gasteiger partial charge in [0.15, 0.2) is 0 Å². The lowest BCUT2D eigenvalue weighted by molar-refractivity contribution is 0.628. The molecule has 19 heavy (non-hydrogen) atoms. The molecule has 0 aliphatic rings. The number of anilines is 1.